The highest BCUT2D eigenvalue weighted by molar-refractivity contribution is 7.33. The number of carbonyl (C=O) groups excluding carboxylic acids is 1. The summed E-state index contributed by atoms with van der Waals surface area (Å²) < 4.78 is 9.72. The lowest BCUT2D eigenvalue weighted by Crippen LogP contribution is -2.07. The molecule has 0 aromatic carbocycles. The molecule has 1 N–H and O–H groups in total. The Labute approximate surface area is 166 Å². The van der Waals surface area contributed by atoms with E-state index < -0.39 is 8.17 Å². The molecule has 0 fully saturated rings. The van der Waals surface area contributed by atoms with Gasteiger partial charge in [-0.05, 0) is 6.42 Å². The fraction of sp³-hybridized carbons (Fsp3) is 0.950. The molecule has 160 valence electrons. The van der Waals surface area contributed by atoms with Crippen LogP contribution in [0.5, 0.6) is 0 Å². The summed E-state index contributed by atoms with van der Waals surface area (Å²) in [6.45, 7) is 2.65. The van der Waals surface area contributed by atoms with Crippen molar-refractivity contribution in [3.05, 3.63) is 0 Å². The minimum atomic E-state index is -2.35. The summed E-state index contributed by atoms with van der Waals surface area (Å²) in [5.74, 6) is -0.190. The Bertz CT molecular complexity index is 366. The Morgan fingerprint density at radius 1 is 0.815 bits per heavy atom. The molecule has 6 nitrogen and oxygen atoms in total. The van der Waals surface area contributed by atoms with Crippen LogP contribution in [-0.4, -0.2) is 24.4 Å². The highest BCUT2D eigenvalue weighted by atomic mass is 31.1. The van der Waals surface area contributed by atoms with Gasteiger partial charge in [-0.2, -0.15) is 4.52 Å². The molecule has 0 radical (unpaired) electrons. The molecular weight excluding hydrogens is 365 g/mol. The van der Waals surface area contributed by atoms with Crippen molar-refractivity contribution in [3.8, 4) is 0 Å². The lowest BCUT2D eigenvalue weighted by molar-refractivity contribution is -0.178. The summed E-state index contributed by atoms with van der Waals surface area (Å²) in [7, 11) is -2.35. The van der Waals surface area contributed by atoms with Crippen molar-refractivity contribution in [2.45, 2.75) is 110 Å². The van der Waals surface area contributed by atoms with E-state index >= 15 is 0 Å². The molecule has 0 aliphatic heterocycles. The number of hydrogen-bond donors (Lipinski definition) is 1. The van der Waals surface area contributed by atoms with Crippen LogP contribution in [0.1, 0.15) is 110 Å². The number of hydrogen-bond acceptors (Lipinski definition) is 5. The van der Waals surface area contributed by atoms with Crippen molar-refractivity contribution in [2.24, 2.45) is 4.91 Å². The zero-order chi connectivity index (χ0) is 20.0. The summed E-state index contributed by atoms with van der Waals surface area (Å²) in [4.78, 5) is 24.7. The van der Waals surface area contributed by atoms with Gasteiger partial charge in [-0.3, -0.25) is 4.79 Å². The molecule has 0 spiro atoms. The van der Waals surface area contributed by atoms with Gasteiger partial charge in [-0.25, -0.2) is 5.21 Å². The predicted octanol–water partition coefficient (Wildman–Crippen LogP) is 6.05. The zero-order valence-corrected chi connectivity index (χ0v) is 18.1. The molecule has 27 heavy (non-hydrogen) atoms. The summed E-state index contributed by atoms with van der Waals surface area (Å²) in [5, 5.41) is 8.17. The Hall–Kier alpha value is -0.550. The quantitative estimate of drug-likeness (QED) is 0.115. The first-order valence-electron chi connectivity index (χ1n) is 10.8. The van der Waals surface area contributed by atoms with E-state index in [2.05, 4.69) is 16.4 Å². The minimum Gasteiger partial charge on any atom is -0.582 e. The van der Waals surface area contributed by atoms with Gasteiger partial charge in [0.05, 0.1) is 11.5 Å². The van der Waals surface area contributed by atoms with E-state index in [9.17, 15) is 9.69 Å². The number of unbranched alkanes of at least 4 members (excludes halogenated alkanes) is 13. The molecule has 0 rings (SSSR count). The second kappa shape index (κ2) is 21.7. The molecule has 7 heteroatoms. The van der Waals surface area contributed by atoms with E-state index in [1.54, 1.807) is 0 Å². The van der Waals surface area contributed by atoms with Crippen molar-refractivity contribution in [1.29, 1.82) is 0 Å². The first-order chi connectivity index (χ1) is 13.2. The Morgan fingerprint density at radius 3 is 1.78 bits per heavy atom. The third kappa shape index (κ3) is 21.6. The molecule has 0 aliphatic carbocycles. The number of rotatable bonds is 20. The standard InChI is InChI=1S/C20H40NO5P/c1-2-3-4-5-6-7-8-9-10-11-12-13-14-15-17-20(22)25-18-16-19-26-27(24)21-23/h23H,2-19H2,1H3. The van der Waals surface area contributed by atoms with E-state index in [4.69, 9.17) is 9.94 Å². The number of ether oxygens (including phenoxy) is 1. The van der Waals surface area contributed by atoms with Crippen molar-refractivity contribution < 1.29 is 24.2 Å². The monoisotopic (exact) mass is 405 g/mol. The van der Waals surface area contributed by atoms with Gasteiger partial charge in [-0.1, -0.05) is 90.4 Å². The fourth-order valence-corrected chi connectivity index (χ4v) is 3.29. The summed E-state index contributed by atoms with van der Waals surface area (Å²) in [6, 6.07) is 0. The van der Waals surface area contributed by atoms with Crippen LogP contribution in [-0.2, 0) is 14.1 Å². The van der Waals surface area contributed by atoms with Crippen LogP contribution in [0.2, 0.25) is 0 Å². The van der Waals surface area contributed by atoms with E-state index in [0.717, 1.165) is 12.8 Å². The van der Waals surface area contributed by atoms with Crippen molar-refractivity contribution in [1.82, 2.24) is 0 Å². The Kier molecular flexibility index (Phi) is 21.3. The third-order valence-corrected chi connectivity index (χ3v) is 5.11. The van der Waals surface area contributed by atoms with Gasteiger partial charge in [0.25, 0.3) is 0 Å². The number of esters is 1. The van der Waals surface area contributed by atoms with Crippen LogP contribution in [0, 0.1) is 0 Å². The lowest BCUT2D eigenvalue weighted by Gasteiger charge is -2.04. The molecule has 0 aliphatic rings. The molecule has 0 aromatic heterocycles. The van der Waals surface area contributed by atoms with Gasteiger partial charge in [0.2, 0.25) is 0 Å². The number of carbonyl (C=O) groups is 1. The van der Waals surface area contributed by atoms with Crippen LogP contribution in [0.4, 0.5) is 0 Å². The molecule has 0 aromatic rings. The Morgan fingerprint density at radius 2 is 1.30 bits per heavy atom. The van der Waals surface area contributed by atoms with E-state index in [1.807, 2.05) is 0 Å². The Balaban J connectivity index is 3.18. The molecule has 0 amide bonds. The van der Waals surface area contributed by atoms with Crippen molar-refractivity contribution in [2.75, 3.05) is 13.2 Å². The first-order valence-corrected chi connectivity index (χ1v) is 11.9. The normalized spacial score (nSPS) is 11.7. The maximum Gasteiger partial charge on any atom is 0.375 e. The molecule has 0 heterocycles. The third-order valence-electron chi connectivity index (χ3n) is 4.56. The molecule has 0 saturated heterocycles. The topological polar surface area (TPSA) is 91.2 Å². The minimum absolute atomic E-state index is 0.144. The second-order valence-electron chi connectivity index (χ2n) is 7.08. The number of nitrogens with zero attached hydrogens (tertiary/aromatic N) is 1. The summed E-state index contributed by atoms with van der Waals surface area (Å²) >= 11 is 0. The van der Waals surface area contributed by atoms with Crippen LogP contribution in [0.15, 0.2) is 4.91 Å². The lowest BCUT2D eigenvalue weighted by atomic mass is 10.0. The van der Waals surface area contributed by atoms with Crippen LogP contribution in [0.3, 0.4) is 0 Å². The smallest absolute Gasteiger partial charge is 0.375 e. The predicted molar refractivity (Wildman–Crippen MR) is 108 cm³/mol. The average Bonchev–Trinajstić information content (AvgIpc) is 2.67. The van der Waals surface area contributed by atoms with E-state index in [-0.39, 0.29) is 19.2 Å². The van der Waals surface area contributed by atoms with Crippen LogP contribution < -0.4 is 4.89 Å². The molecular formula is C20H40NO5P. The molecule has 0 bridgehead atoms. The molecule has 1 unspecified atom stereocenters. The van der Waals surface area contributed by atoms with Crippen molar-refractivity contribution >= 4 is 14.1 Å². The highest BCUT2D eigenvalue weighted by Gasteiger charge is 2.04. The first kappa shape index (κ1) is 26.4. The largest absolute Gasteiger partial charge is 0.582 e. The van der Waals surface area contributed by atoms with Crippen LogP contribution >= 0.6 is 8.17 Å². The maximum absolute atomic E-state index is 11.5. The SMILES string of the molecule is CCCCCCCCCCCCCCCCC(=O)OCCCO[P+]([O-])=NO. The molecule has 0 saturated carbocycles. The van der Waals surface area contributed by atoms with Crippen molar-refractivity contribution in [3.63, 3.8) is 0 Å². The second-order valence-corrected chi connectivity index (χ2v) is 7.99. The van der Waals surface area contributed by atoms with Gasteiger partial charge in [0.1, 0.15) is 6.61 Å². The van der Waals surface area contributed by atoms with Gasteiger partial charge in [-0.15, -0.1) is 0 Å². The highest BCUT2D eigenvalue weighted by Crippen LogP contribution is 2.14. The van der Waals surface area contributed by atoms with E-state index in [1.165, 1.54) is 77.0 Å². The summed E-state index contributed by atoms with van der Waals surface area (Å²) in [6.07, 6.45) is 19.0. The maximum atomic E-state index is 11.5. The van der Waals surface area contributed by atoms with Gasteiger partial charge in [0.15, 0.2) is 0 Å². The molecule has 1 atom stereocenters. The van der Waals surface area contributed by atoms with Crippen LogP contribution in [0.25, 0.3) is 0 Å². The van der Waals surface area contributed by atoms with Gasteiger partial charge in [0, 0.05) is 12.8 Å². The summed E-state index contributed by atoms with van der Waals surface area (Å²) in [5.41, 5.74) is 0. The average molecular weight is 406 g/mol. The zero-order valence-electron chi connectivity index (χ0n) is 17.2. The van der Waals surface area contributed by atoms with Gasteiger partial charge >= 0.3 is 14.1 Å². The van der Waals surface area contributed by atoms with Gasteiger partial charge < -0.3 is 9.63 Å². The fourth-order valence-electron chi connectivity index (χ4n) is 2.95. The van der Waals surface area contributed by atoms with E-state index in [0.29, 0.717) is 12.8 Å².